The summed E-state index contributed by atoms with van der Waals surface area (Å²) in [5.74, 6) is -0.449. The molecule has 0 rings (SSSR count). The molecule has 122 valence electrons. The van der Waals surface area contributed by atoms with Gasteiger partial charge in [-0.05, 0) is 41.5 Å². The first-order valence-corrected chi connectivity index (χ1v) is 6.80. The topological polar surface area (TPSA) is 84.9 Å². The molecule has 0 aromatic heterocycles. The number of nitrogens with one attached hydrogen (secondary N) is 1. The second kappa shape index (κ2) is 7.28. The van der Waals surface area contributed by atoms with Gasteiger partial charge in [0.05, 0.1) is 0 Å². The number of nitrogens with zero attached hydrogens (tertiary/aromatic N) is 1. The third kappa shape index (κ3) is 9.70. The van der Waals surface area contributed by atoms with Gasteiger partial charge in [-0.15, -0.1) is 0 Å². The Bertz CT molecular complexity index is 393. The number of amides is 3. The lowest BCUT2D eigenvalue weighted by molar-refractivity contribution is -0.128. The van der Waals surface area contributed by atoms with Crippen molar-refractivity contribution in [3.63, 3.8) is 0 Å². The predicted molar refractivity (Wildman–Crippen MR) is 77.9 cm³/mol. The number of carbonyl (C=O) groups is 3. The first kappa shape index (κ1) is 19.2. The smallest absolute Gasteiger partial charge is 0.417 e. The molecule has 0 aromatic rings. The average molecular weight is 302 g/mol. The molecule has 0 bridgehead atoms. The summed E-state index contributed by atoms with van der Waals surface area (Å²) in [6.45, 7) is 11.7. The molecule has 1 N–H and O–H groups in total. The second-order valence-corrected chi connectivity index (χ2v) is 6.58. The molecular weight excluding hydrogens is 276 g/mol. The lowest BCUT2D eigenvalue weighted by Gasteiger charge is -2.25. The largest absolute Gasteiger partial charge is 0.444 e. The van der Waals surface area contributed by atoms with E-state index in [0.29, 0.717) is 0 Å². The van der Waals surface area contributed by atoms with E-state index in [0.717, 1.165) is 4.90 Å². The molecule has 0 aliphatic heterocycles. The summed E-state index contributed by atoms with van der Waals surface area (Å²) < 4.78 is 10.2. The van der Waals surface area contributed by atoms with Gasteiger partial charge in [-0.3, -0.25) is 4.79 Å². The molecule has 0 heterocycles. The van der Waals surface area contributed by atoms with Gasteiger partial charge < -0.3 is 14.8 Å². The van der Waals surface area contributed by atoms with Gasteiger partial charge in [-0.25, -0.2) is 14.5 Å². The van der Waals surface area contributed by atoms with Gasteiger partial charge in [-0.2, -0.15) is 0 Å². The maximum atomic E-state index is 11.8. The molecule has 0 unspecified atom stereocenters. The van der Waals surface area contributed by atoms with Crippen LogP contribution < -0.4 is 5.32 Å². The number of ether oxygens (including phenoxy) is 2. The lowest BCUT2D eigenvalue weighted by atomic mass is 10.2. The van der Waals surface area contributed by atoms with E-state index < -0.39 is 29.3 Å². The number of imide groups is 1. The zero-order valence-electron chi connectivity index (χ0n) is 13.9. The third-order valence-electron chi connectivity index (χ3n) is 2.00. The number of hydrogen-bond acceptors (Lipinski definition) is 5. The number of rotatable bonds is 3. The van der Waals surface area contributed by atoms with Crippen LogP contribution in [0.5, 0.6) is 0 Å². The summed E-state index contributed by atoms with van der Waals surface area (Å²) in [4.78, 5) is 35.7. The molecule has 0 saturated heterocycles. The summed E-state index contributed by atoms with van der Waals surface area (Å²) in [6, 6.07) is 0. The maximum absolute atomic E-state index is 11.8. The van der Waals surface area contributed by atoms with Gasteiger partial charge in [0, 0.05) is 20.0 Å². The molecule has 21 heavy (non-hydrogen) atoms. The number of hydrogen-bond donors (Lipinski definition) is 1. The maximum Gasteiger partial charge on any atom is 0.417 e. The van der Waals surface area contributed by atoms with Crippen molar-refractivity contribution in [3.05, 3.63) is 0 Å². The molecule has 0 spiro atoms. The van der Waals surface area contributed by atoms with Crippen LogP contribution in [0.15, 0.2) is 0 Å². The van der Waals surface area contributed by atoms with E-state index in [-0.39, 0.29) is 13.1 Å². The third-order valence-corrected chi connectivity index (χ3v) is 2.00. The lowest BCUT2D eigenvalue weighted by Crippen LogP contribution is -2.44. The molecule has 0 atom stereocenters. The zero-order chi connectivity index (χ0) is 16.8. The van der Waals surface area contributed by atoms with E-state index in [4.69, 9.17) is 9.47 Å². The highest BCUT2D eigenvalue weighted by molar-refractivity contribution is 5.90. The van der Waals surface area contributed by atoms with Gasteiger partial charge >= 0.3 is 12.2 Å². The van der Waals surface area contributed by atoms with E-state index in [2.05, 4.69) is 5.32 Å². The Labute approximate surface area is 126 Å². The van der Waals surface area contributed by atoms with E-state index in [9.17, 15) is 14.4 Å². The molecule has 0 aliphatic rings. The average Bonchev–Trinajstić information content (AvgIpc) is 2.18. The van der Waals surface area contributed by atoms with Gasteiger partial charge in [0.25, 0.3) is 0 Å². The molecule has 0 radical (unpaired) electrons. The Balaban J connectivity index is 4.39. The number of carbonyl (C=O) groups excluding carboxylic acids is 3. The molecular formula is C14H26N2O5. The normalized spacial score (nSPS) is 11.6. The minimum atomic E-state index is -0.735. The first-order valence-electron chi connectivity index (χ1n) is 6.80. The fraction of sp³-hybridized carbons (Fsp3) is 0.786. The minimum absolute atomic E-state index is 0.0174. The van der Waals surface area contributed by atoms with Crippen molar-refractivity contribution in [2.45, 2.75) is 59.7 Å². The highest BCUT2D eigenvalue weighted by Crippen LogP contribution is 2.10. The van der Waals surface area contributed by atoms with Crippen LogP contribution in [-0.4, -0.2) is 47.3 Å². The van der Waals surface area contributed by atoms with Crippen LogP contribution >= 0.6 is 0 Å². The molecule has 7 nitrogen and oxygen atoms in total. The summed E-state index contributed by atoms with van der Waals surface area (Å²) >= 11 is 0. The molecule has 3 amide bonds. The molecule has 0 aliphatic carbocycles. The minimum Gasteiger partial charge on any atom is -0.444 e. The van der Waals surface area contributed by atoms with Crippen LogP contribution in [0.25, 0.3) is 0 Å². The summed E-state index contributed by atoms with van der Waals surface area (Å²) in [6.07, 6.45) is -1.34. The zero-order valence-corrected chi connectivity index (χ0v) is 13.9. The van der Waals surface area contributed by atoms with Gasteiger partial charge in [-0.1, -0.05) is 0 Å². The Kier molecular flexibility index (Phi) is 6.66. The summed E-state index contributed by atoms with van der Waals surface area (Å²) in [5, 5.41) is 2.48. The fourth-order valence-electron chi connectivity index (χ4n) is 1.28. The van der Waals surface area contributed by atoms with Gasteiger partial charge in [0.2, 0.25) is 5.91 Å². The van der Waals surface area contributed by atoms with Crippen molar-refractivity contribution in [2.24, 2.45) is 0 Å². The molecule has 0 fully saturated rings. The standard InChI is InChI=1S/C14H26N2O5/c1-10(17)16(12(19)21-14(5,6)7)9-8-15-11(18)20-13(2,3)4/h8-9H2,1-7H3,(H,15,18). The Morgan fingerprint density at radius 2 is 1.43 bits per heavy atom. The summed E-state index contributed by atoms with van der Waals surface area (Å²) in [5.41, 5.74) is -1.29. The van der Waals surface area contributed by atoms with Crippen molar-refractivity contribution in [2.75, 3.05) is 13.1 Å². The summed E-state index contributed by atoms with van der Waals surface area (Å²) in [7, 11) is 0. The van der Waals surface area contributed by atoms with E-state index in [1.165, 1.54) is 6.92 Å². The predicted octanol–water partition coefficient (Wildman–Crippen LogP) is 2.29. The van der Waals surface area contributed by atoms with E-state index in [1.54, 1.807) is 41.5 Å². The van der Waals surface area contributed by atoms with Crippen LogP contribution in [0.4, 0.5) is 9.59 Å². The van der Waals surface area contributed by atoms with E-state index >= 15 is 0 Å². The fourth-order valence-corrected chi connectivity index (χ4v) is 1.28. The van der Waals surface area contributed by atoms with Crippen molar-refractivity contribution < 1.29 is 23.9 Å². The molecule has 0 aromatic carbocycles. The number of alkyl carbamates (subject to hydrolysis) is 1. The van der Waals surface area contributed by atoms with Crippen LogP contribution in [0, 0.1) is 0 Å². The van der Waals surface area contributed by atoms with Crippen LogP contribution in [0.3, 0.4) is 0 Å². The Morgan fingerprint density at radius 1 is 0.952 bits per heavy atom. The van der Waals surface area contributed by atoms with Crippen molar-refractivity contribution in [3.8, 4) is 0 Å². The van der Waals surface area contributed by atoms with Crippen LogP contribution in [0.2, 0.25) is 0 Å². The second-order valence-electron chi connectivity index (χ2n) is 6.58. The SMILES string of the molecule is CC(=O)N(CCNC(=O)OC(C)(C)C)C(=O)OC(C)(C)C. The van der Waals surface area contributed by atoms with Crippen LogP contribution in [0.1, 0.15) is 48.5 Å². The highest BCUT2D eigenvalue weighted by Gasteiger charge is 2.25. The van der Waals surface area contributed by atoms with Gasteiger partial charge in [0.1, 0.15) is 11.2 Å². The first-order chi connectivity index (χ1) is 9.32. The quantitative estimate of drug-likeness (QED) is 0.864. The van der Waals surface area contributed by atoms with Crippen molar-refractivity contribution in [1.29, 1.82) is 0 Å². The monoisotopic (exact) mass is 302 g/mol. The van der Waals surface area contributed by atoms with Crippen molar-refractivity contribution >= 4 is 18.1 Å². The van der Waals surface area contributed by atoms with Crippen molar-refractivity contribution in [1.82, 2.24) is 10.2 Å². The molecule has 7 heteroatoms. The van der Waals surface area contributed by atoms with E-state index in [1.807, 2.05) is 0 Å². The molecule has 0 saturated carbocycles. The Morgan fingerprint density at radius 3 is 1.81 bits per heavy atom. The van der Waals surface area contributed by atoms with Crippen LogP contribution in [-0.2, 0) is 14.3 Å². The Hall–Kier alpha value is -1.79. The van der Waals surface area contributed by atoms with Gasteiger partial charge in [0.15, 0.2) is 0 Å². The highest BCUT2D eigenvalue weighted by atomic mass is 16.6.